The van der Waals surface area contributed by atoms with E-state index in [4.69, 9.17) is 5.26 Å². The molecule has 1 amide bonds. The highest BCUT2D eigenvalue weighted by atomic mass is 16.1. The molecule has 2 aromatic heterocycles. The molecule has 0 aliphatic carbocycles. The van der Waals surface area contributed by atoms with Crippen molar-refractivity contribution in [2.45, 2.75) is 13.3 Å². The largest absolute Gasteiger partial charge is 0.356 e. The number of hydrogen-bond acceptors (Lipinski definition) is 4. The molecule has 3 rings (SSSR count). The summed E-state index contributed by atoms with van der Waals surface area (Å²) in [6, 6.07) is 12.0. The van der Waals surface area contributed by atoms with E-state index >= 15 is 0 Å². The van der Waals surface area contributed by atoms with Crippen LogP contribution in [0.5, 0.6) is 0 Å². The Hall–Kier alpha value is -3.20. The molecule has 114 valence electrons. The molecule has 0 bridgehead atoms. The first kappa shape index (κ1) is 14.7. The number of benzene rings is 1. The standard InChI is InChI=1S/C17H15N5O/c1-12(23)19-7-5-13-3-2-4-14(9-13)16-6-8-22-17(21-16)15(10-18)11-20-22/h2-4,6,8-9,11H,5,7H2,1H3,(H,19,23). The van der Waals surface area contributed by atoms with Crippen LogP contribution >= 0.6 is 0 Å². The molecule has 0 saturated carbocycles. The zero-order valence-electron chi connectivity index (χ0n) is 12.7. The molecule has 3 aromatic rings. The monoisotopic (exact) mass is 305 g/mol. The summed E-state index contributed by atoms with van der Waals surface area (Å²) in [5, 5.41) is 16.0. The Morgan fingerprint density at radius 1 is 1.39 bits per heavy atom. The molecular weight excluding hydrogens is 290 g/mol. The Balaban J connectivity index is 1.89. The third-order valence-electron chi connectivity index (χ3n) is 3.50. The van der Waals surface area contributed by atoms with E-state index in [2.05, 4.69) is 21.5 Å². The summed E-state index contributed by atoms with van der Waals surface area (Å²) in [7, 11) is 0. The lowest BCUT2D eigenvalue weighted by molar-refractivity contribution is -0.118. The average Bonchev–Trinajstić information content (AvgIpc) is 2.97. The van der Waals surface area contributed by atoms with Crippen molar-refractivity contribution in [3.63, 3.8) is 0 Å². The number of nitrogens with one attached hydrogen (secondary N) is 1. The first-order valence-corrected chi connectivity index (χ1v) is 7.25. The van der Waals surface area contributed by atoms with Gasteiger partial charge in [0.05, 0.1) is 11.9 Å². The van der Waals surface area contributed by atoms with Gasteiger partial charge < -0.3 is 5.32 Å². The molecule has 0 radical (unpaired) electrons. The molecular formula is C17H15N5O. The van der Waals surface area contributed by atoms with Crippen molar-refractivity contribution in [2.24, 2.45) is 0 Å². The minimum Gasteiger partial charge on any atom is -0.356 e. The second kappa shape index (κ2) is 6.28. The van der Waals surface area contributed by atoms with Gasteiger partial charge in [0, 0.05) is 25.2 Å². The van der Waals surface area contributed by atoms with E-state index in [1.807, 2.05) is 30.3 Å². The maximum absolute atomic E-state index is 10.9. The Labute approximate surface area is 133 Å². The molecule has 0 unspecified atom stereocenters. The van der Waals surface area contributed by atoms with Crippen LogP contribution in [0.3, 0.4) is 0 Å². The van der Waals surface area contributed by atoms with E-state index in [0.717, 1.165) is 23.2 Å². The van der Waals surface area contributed by atoms with Gasteiger partial charge in [-0.05, 0) is 24.1 Å². The number of nitrogens with zero attached hydrogens (tertiary/aromatic N) is 4. The van der Waals surface area contributed by atoms with Gasteiger partial charge in [-0.15, -0.1) is 0 Å². The summed E-state index contributed by atoms with van der Waals surface area (Å²) in [5.41, 5.74) is 3.88. The molecule has 0 fully saturated rings. The van der Waals surface area contributed by atoms with Gasteiger partial charge in [0.2, 0.25) is 5.91 Å². The van der Waals surface area contributed by atoms with Crippen LogP contribution in [0.15, 0.2) is 42.7 Å². The summed E-state index contributed by atoms with van der Waals surface area (Å²) >= 11 is 0. The van der Waals surface area contributed by atoms with Gasteiger partial charge in [-0.2, -0.15) is 10.4 Å². The highest BCUT2D eigenvalue weighted by Crippen LogP contribution is 2.20. The first-order valence-electron chi connectivity index (χ1n) is 7.25. The van der Waals surface area contributed by atoms with Gasteiger partial charge in [-0.3, -0.25) is 4.79 Å². The SMILES string of the molecule is CC(=O)NCCc1cccc(-c2ccn3ncc(C#N)c3n2)c1. The lowest BCUT2D eigenvalue weighted by Gasteiger charge is -2.06. The molecule has 1 aromatic carbocycles. The Morgan fingerprint density at radius 3 is 3.04 bits per heavy atom. The van der Waals surface area contributed by atoms with Gasteiger partial charge >= 0.3 is 0 Å². The third kappa shape index (κ3) is 3.19. The fourth-order valence-corrected chi connectivity index (χ4v) is 2.38. The fourth-order valence-electron chi connectivity index (χ4n) is 2.38. The van der Waals surface area contributed by atoms with E-state index in [-0.39, 0.29) is 5.91 Å². The quantitative estimate of drug-likeness (QED) is 0.798. The maximum atomic E-state index is 10.9. The van der Waals surface area contributed by atoms with Gasteiger partial charge in [-0.25, -0.2) is 9.50 Å². The minimum absolute atomic E-state index is 0.0296. The molecule has 0 atom stereocenters. The van der Waals surface area contributed by atoms with Crippen molar-refractivity contribution in [1.29, 1.82) is 5.26 Å². The van der Waals surface area contributed by atoms with Gasteiger partial charge in [0.15, 0.2) is 5.65 Å². The molecule has 0 aliphatic rings. The number of aromatic nitrogens is 3. The predicted molar refractivity (Wildman–Crippen MR) is 85.5 cm³/mol. The second-order valence-corrected chi connectivity index (χ2v) is 5.18. The van der Waals surface area contributed by atoms with Crippen LogP contribution in [0, 0.1) is 11.3 Å². The molecule has 6 nitrogen and oxygen atoms in total. The topological polar surface area (TPSA) is 83.1 Å². The van der Waals surface area contributed by atoms with Crippen molar-refractivity contribution < 1.29 is 4.79 Å². The van der Waals surface area contributed by atoms with Crippen LogP contribution < -0.4 is 5.32 Å². The van der Waals surface area contributed by atoms with Gasteiger partial charge in [0.1, 0.15) is 11.6 Å². The highest BCUT2D eigenvalue weighted by molar-refractivity contribution is 5.72. The van der Waals surface area contributed by atoms with E-state index in [0.29, 0.717) is 17.8 Å². The van der Waals surface area contributed by atoms with Crippen LogP contribution in [0.25, 0.3) is 16.9 Å². The third-order valence-corrected chi connectivity index (χ3v) is 3.50. The van der Waals surface area contributed by atoms with E-state index < -0.39 is 0 Å². The van der Waals surface area contributed by atoms with Crippen molar-refractivity contribution in [3.8, 4) is 17.3 Å². The lowest BCUT2D eigenvalue weighted by Crippen LogP contribution is -2.22. The summed E-state index contributed by atoms with van der Waals surface area (Å²) in [4.78, 5) is 15.5. The Morgan fingerprint density at radius 2 is 2.26 bits per heavy atom. The minimum atomic E-state index is -0.0296. The number of rotatable bonds is 4. The second-order valence-electron chi connectivity index (χ2n) is 5.18. The molecule has 23 heavy (non-hydrogen) atoms. The molecule has 0 aliphatic heterocycles. The van der Waals surface area contributed by atoms with Gasteiger partial charge in [0.25, 0.3) is 0 Å². The Bertz CT molecular complexity index is 907. The van der Waals surface area contributed by atoms with E-state index in [1.165, 1.54) is 13.1 Å². The number of fused-ring (bicyclic) bond motifs is 1. The van der Waals surface area contributed by atoms with Crippen molar-refractivity contribution in [1.82, 2.24) is 19.9 Å². The van der Waals surface area contributed by atoms with Crippen LogP contribution in [0.4, 0.5) is 0 Å². The molecule has 6 heteroatoms. The number of carbonyl (C=O) groups excluding carboxylic acids is 1. The summed E-state index contributed by atoms with van der Waals surface area (Å²) < 4.78 is 1.59. The van der Waals surface area contributed by atoms with Crippen LogP contribution in [-0.4, -0.2) is 27.0 Å². The summed E-state index contributed by atoms with van der Waals surface area (Å²) in [5.74, 6) is -0.0296. The zero-order valence-corrected chi connectivity index (χ0v) is 12.7. The van der Waals surface area contributed by atoms with E-state index in [9.17, 15) is 4.79 Å². The van der Waals surface area contributed by atoms with Crippen LogP contribution in [0.1, 0.15) is 18.1 Å². The summed E-state index contributed by atoms with van der Waals surface area (Å²) in [6.45, 7) is 2.11. The normalized spacial score (nSPS) is 10.4. The number of nitriles is 1. The molecule has 0 spiro atoms. The number of amides is 1. The number of carbonyl (C=O) groups is 1. The van der Waals surface area contributed by atoms with E-state index in [1.54, 1.807) is 10.7 Å². The maximum Gasteiger partial charge on any atom is 0.216 e. The molecule has 2 heterocycles. The van der Waals surface area contributed by atoms with Crippen molar-refractivity contribution >= 4 is 11.6 Å². The Kier molecular flexibility index (Phi) is 4.02. The smallest absolute Gasteiger partial charge is 0.216 e. The molecule has 1 N–H and O–H groups in total. The first-order chi connectivity index (χ1) is 11.2. The average molecular weight is 305 g/mol. The van der Waals surface area contributed by atoms with Crippen LogP contribution in [0.2, 0.25) is 0 Å². The van der Waals surface area contributed by atoms with Crippen LogP contribution in [-0.2, 0) is 11.2 Å². The van der Waals surface area contributed by atoms with Gasteiger partial charge in [-0.1, -0.05) is 18.2 Å². The lowest BCUT2D eigenvalue weighted by atomic mass is 10.1. The zero-order chi connectivity index (χ0) is 16.2. The van der Waals surface area contributed by atoms with Crippen molar-refractivity contribution in [3.05, 3.63) is 53.9 Å². The summed E-state index contributed by atoms with van der Waals surface area (Å²) in [6.07, 6.45) is 4.06. The number of hydrogen-bond donors (Lipinski definition) is 1. The predicted octanol–water partition coefficient (Wildman–Crippen LogP) is 1.95. The molecule has 0 saturated heterocycles. The highest BCUT2D eigenvalue weighted by Gasteiger charge is 2.07. The van der Waals surface area contributed by atoms with Crippen molar-refractivity contribution in [2.75, 3.05) is 6.54 Å². The fraction of sp³-hybridized carbons (Fsp3) is 0.176.